The number of aromatic amines is 1. The largest absolute Gasteiger partial charge is 0.350 e. The fraction of sp³-hybridized carbons (Fsp3) is 0.0606. The summed E-state index contributed by atoms with van der Waals surface area (Å²) >= 11 is 3.49. The van der Waals surface area contributed by atoms with E-state index in [2.05, 4.69) is 27.5 Å². The van der Waals surface area contributed by atoms with E-state index in [4.69, 9.17) is 0 Å². The number of imide groups is 1. The maximum atomic E-state index is 14.8. The lowest BCUT2D eigenvalue weighted by atomic mass is 9.75. The summed E-state index contributed by atoms with van der Waals surface area (Å²) in [6, 6.07) is 31.3. The molecule has 1 atom stereocenters. The second kappa shape index (κ2) is 8.89. The molecule has 4 aromatic carbocycles. The molecule has 0 saturated carbocycles. The van der Waals surface area contributed by atoms with Gasteiger partial charge in [0.05, 0.1) is 12.2 Å². The van der Waals surface area contributed by atoms with Crippen LogP contribution in [-0.2, 0) is 16.9 Å². The van der Waals surface area contributed by atoms with Crippen LogP contribution in [0, 0.1) is 0 Å². The first-order chi connectivity index (χ1) is 19.4. The highest BCUT2D eigenvalue weighted by molar-refractivity contribution is 9.10. The Kier molecular flexibility index (Phi) is 5.40. The first-order valence-electron chi connectivity index (χ1n) is 12.8. The number of nitrogens with zero attached hydrogens (tertiary/aromatic N) is 2. The van der Waals surface area contributed by atoms with E-state index < -0.39 is 23.3 Å². The lowest BCUT2D eigenvalue weighted by molar-refractivity contribution is -0.133. The van der Waals surface area contributed by atoms with Gasteiger partial charge in [0.15, 0.2) is 5.54 Å². The van der Waals surface area contributed by atoms with Gasteiger partial charge in [-0.15, -0.1) is 0 Å². The van der Waals surface area contributed by atoms with Crippen LogP contribution in [0.15, 0.2) is 114 Å². The van der Waals surface area contributed by atoms with Crippen molar-refractivity contribution in [3.8, 4) is 0 Å². The van der Waals surface area contributed by atoms with E-state index in [-0.39, 0.29) is 6.54 Å². The molecule has 6 nitrogen and oxygen atoms in total. The zero-order chi connectivity index (χ0) is 27.6. The van der Waals surface area contributed by atoms with Crippen molar-refractivity contribution in [3.63, 3.8) is 0 Å². The Hall–Kier alpha value is -4.75. The minimum Gasteiger partial charge on any atom is -0.350 e. The van der Waals surface area contributed by atoms with Crippen molar-refractivity contribution in [3.05, 3.63) is 142 Å². The van der Waals surface area contributed by atoms with Crippen LogP contribution in [0.1, 0.15) is 37.5 Å². The van der Waals surface area contributed by atoms with Gasteiger partial charge in [0.2, 0.25) is 0 Å². The maximum Gasteiger partial charge on any atom is 0.276 e. The van der Waals surface area contributed by atoms with E-state index in [1.807, 2.05) is 72.8 Å². The normalized spacial score (nSPS) is 18.0. The quantitative estimate of drug-likeness (QED) is 0.239. The number of nitrogens with one attached hydrogen (secondary N) is 1. The summed E-state index contributed by atoms with van der Waals surface area (Å²) < 4.78 is 0.878. The van der Waals surface area contributed by atoms with Crippen molar-refractivity contribution in [2.45, 2.75) is 12.1 Å². The van der Waals surface area contributed by atoms with Gasteiger partial charge in [-0.2, -0.15) is 0 Å². The van der Waals surface area contributed by atoms with Gasteiger partial charge in [-0.3, -0.25) is 24.2 Å². The van der Waals surface area contributed by atoms with E-state index in [9.17, 15) is 14.4 Å². The Balaban J connectivity index is 1.47. The molecule has 1 spiro atoms. The smallest absolute Gasteiger partial charge is 0.276 e. The molecule has 1 unspecified atom stereocenters. The highest BCUT2D eigenvalue weighted by Crippen LogP contribution is 2.56. The van der Waals surface area contributed by atoms with Crippen LogP contribution in [0.3, 0.4) is 0 Å². The van der Waals surface area contributed by atoms with E-state index in [0.29, 0.717) is 33.6 Å². The summed E-state index contributed by atoms with van der Waals surface area (Å²) in [7, 11) is 0. The van der Waals surface area contributed by atoms with Crippen molar-refractivity contribution in [1.82, 2.24) is 9.88 Å². The molecule has 1 N–H and O–H groups in total. The SMILES string of the molecule is C=C1c2ccccc2N(C(=O)c2cc3ccc(Br)cc3[nH]2)C12C(=O)N(Cc1ccccc1)C(=O)c1ccccc12. The number of H-pyrrole nitrogens is 1. The predicted molar refractivity (Wildman–Crippen MR) is 158 cm³/mol. The van der Waals surface area contributed by atoms with Gasteiger partial charge < -0.3 is 4.98 Å². The summed E-state index contributed by atoms with van der Waals surface area (Å²) in [6.07, 6.45) is 0. The van der Waals surface area contributed by atoms with Crippen molar-refractivity contribution in [2.75, 3.05) is 4.90 Å². The van der Waals surface area contributed by atoms with Gasteiger partial charge >= 0.3 is 0 Å². The summed E-state index contributed by atoms with van der Waals surface area (Å²) in [6.45, 7) is 4.47. The van der Waals surface area contributed by atoms with Gasteiger partial charge in [-0.1, -0.05) is 95.3 Å². The second-order valence-corrected chi connectivity index (χ2v) is 10.9. The number of hydrogen-bond acceptors (Lipinski definition) is 3. The standard InChI is InChI=1S/C33H22BrN3O3/c1-20-24-11-6-8-14-29(24)37(31(39)28-17-22-15-16-23(34)18-27(22)35-28)33(20)26-13-7-5-12-25(26)30(38)36(32(33)40)19-21-9-3-2-4-10-21/h2-18,35H,1,19H2. The molecular weight excluding hydrogens is 566 g/mol. The Morgan fingerprint density at radius 1 is 0.850 bits per heavy atom. The number of para-hydroxylation sites is 1. The molecule has 0 radical (unpaired) electrons. The number of hydrogen-bond donors (Lipinski definition) is 1. The molecule has 0 aliphatic carbocycles. The van der Waals surface area contributed by atoms with Crippen LogP contribution in [-0.4, -0.2) is 27.6 Å². The van der Waals surface area contributed by atoms with Gasteiger partial charge in [0, 0.05) is 32.1 Å². The summed E-state index contributed by atoms with van der Waals surface area (Å²) in [4.78, 5) is 49.2. The topological polar surface area (TPSA) is 73.5 Å². The average molecular weight is 588 g/mol. The van der Waals surface area contributed by atoms with Crippen molar-refractivity contribution < 1.29 is 14.4 Å². The molecule has 0 saturated heterocycles. The number of amides is 3. The van der Waals surface area contributed by atoms with E-state index >= 15 is 0 Å². The number of fused-ring (bicyclic) bond motifs is 4. The zero-order valence-electron chi connectivity index (χ0n) is 21.2. The van der Waals surface area contributed by atoms with Crippen molar-refractivity contribution in [2.24, 2.45) is 0 Å². The molecular formula is C33H22BrN3O3. The van der Waals surface area contributed by atoms with E-state index in [1.54, 1.807) is 30.3 Å². The highest BCUT2D eigenvalue weighted by Gasteiger charge is 2.62. The zero-order valence-corrected chi connectivity index (χ0v) is 22.8. The lowest BCUT2D eigenvalue weighted by Gasteiger charge is -2.45. The number of anilines is 1. The highest BCUT2D eigenvalue weighted by atomic mass is 79.9. The van der Waals surface area contributed by atoms with Crippen LogP contribution in [0.4, 0.5) is 5.69 Å². The third-order valence-corrected chi connectivity index (χ3v) is 8.28. The fourth-order valence-corrected chi connectivity index (χ4v) is 6.34. The van der Waals surface area contributed by atoms with E-state index in [1.165, 1.54) is 9.80 Å². The number of carbonyl (C=O) groups excluding carboxylic acids is 3. The molecule has 0 fully saturated rings. The lowest BCUT2D eigenvalue weighted by Crippen LogP contribution is -2.62. The Bertz CT molecular complexity index is 1890. The summed E-state index contributed by atoms with van der Waals surface area (Å²) in [5.41, 5.74) is 2.80. The molecule has 2 aliphatic heterocycles. The first-order valence-corrected chi connectivity index (χ1v) is 13.6. The third kappa shape index (κ3) is 3.31. The number of aromatic nitrogens is 1. The molecule has 40 heavy (non-hydrogen) atoms. The van der Waals surface area contributed by atoms with Gasteiger partial charge in [0.25, 0.3) is 17.7 Å². The molecule has 194 valence electrons. The Labute approximate surface area is 238 Å². The number of carbonyl (C=O) groups is 3. The molecule has 5 aromatic rings. The Morgan fingerprint density at radius 2 is 1.55 bits per heavy atom. The van der Waals surface area contributed by atoms with Gasteiger partial charge in [0.1, 0.15) is 5.69 Å². The molecule has 7 rings (SSSR count). The van der Waals surface area contributed by atoms with Crippen LogP contribution in [0.2, 0.25) is 0 Å². The predicted octanol–water partition coefficient (Wildman–Crippen LogP) is 6.68. The Morgan fingerprint density at radius 3 is 2.35 bits per heavy atom. The summed E-state index contributed by atoms with van der Waals surface area (Å²) in [5, 5.41) is 0.864. The van der Waals surface area contributed by atoms with Crippen LogP contribution < -0.4 is 4.90 Å². The van der Waals surface area contributed by atoms with Crippen LogP contribution in [0.25, 0.3) is 16.5 Å². The fourth-order valence-electron chi connectivity index (χ4n) is 5.98. The van der Waals surface area contributed by atoms with E-state index in [0.717, 1.165) is 20.9 Å². The number of halogens is 1. The summed E-state index contributed by atoms with van der Waals surface area (Å²) in [5.74, 6) is -1.30. The van der Waals surface area contributed by atoms with Crippen LogP contribution in [0.5, 0.6) is 0 Å². The second-order valence-electron chi connectivity index (χ2n) is 9.99. The van der Waals surface area contributed by atoms with Crippen LogP contribution >= 0.6 is 15.9 Å². The minimum atomic E-state index is -1.64. The third-order valence-electron chi connectivity index (χ3n) is 7.79. The molecule has 3 heterocycles. The monoisotopic (exact) mass is 587 g/mol. The first kappa shape index (κ1) is 24.3. The molecule has 1 aromatic heterocycles. The maximum absolute atomic E-state index is 14.8. The molecule has 0 bridgehead atoms. The van der Waals surface area contributed by atoms with Crippen molar-refractivity contribution >= 4 is 55.8 Å². The van der Waals surface area contributed by atoms with Gasteiger partial charge in [-0.05, 0) is 41.5 Å². The number of rotatable bonds is 3. The minimum absolute atomic E-state index is 0.0701. The number of benzene rings is 4. The molecule has 3 amide bonds. The van der Waals surface area contributed by atoms with Gasteiger partial charge in [-0.25, -0.2) is 0 Å². The average Bonchev–Trinajstić information content (AvgIpc) is 3.52. The van der Waals surface area contributed by atoms with Crippen molar-refractivity contribution in [1.29, 1.82) is 0 Å². The molecule has 2 aliphatic rings. The molecule has 7 heteroatoms.